The third-order valence-electron chi connectivity index (χ3n) is 6.58. The molecule has 0 unspecified atom stereocenters. The van der Waals surface area contributed by atoms with Crippen LogP contribution in [-0.2, 0) is 11.3 Å². The fraction of sp³-hybridized carbons (Fsp3) is 0.308. The maximum atomic E-state index is 12.9. The van der Waals surface area contributed by atoms with Gasteiger partial charge in [-0.15, -0.1) is 0 Å². The first-order valence-electron chi connectivity index (χ1n) is 11.5. The van der Waals surface area contributed by atoms with Crippen molar-refractivity contribution >= 4 is 37.9 Å². The minimum Gasteiger partial charge on any atom is -0.478 e. The van der Waals surface area contributed by atoms with Gasteiger partial charge in [0.2, 0.25) is 0 Å². The Kier molecular flexibility index (Phi) is 5.93. The molecule has 2 aliphatic heterocycles. The summed E-state index contributed by atoms with van der Waals surface area (Å²) in [6.45, 7) is 6.17. The monoisotopic (exact) mass is 538 g/mol. The SMILES string of the molecule is O=c1cc(-c2cc3cc(Br)ccc3oc2=O)c2ccc3c(c2o1)CN(CCN1CCOCC1)CO3. The summed E-state index contributed by atoms with van der Waals surface area (Å²) in [5.41, 5.74) is 1.50. The van der Waals surface area contributed by atoms with E-state index in [9.17, 15) is 9.59 Å². The number of nitrogens with zero attached hydrogens (tertiary/aromatic N) is 2. The summed E-state index contributed by atoms with van der Waals surface area (Å²) in [5, 5.41) is 1.43. The van der Waals surface area contributed by atoms with Crippen LogP contribution in [0.5, 0.6) is 5.75 Å². The minimum absolute atomic E-state index is 0.314. The Morgan fingerprint density at radius 3 is 2.57 bits per heavy atom. The Balaban J connectivity index is 1.39. The molecule has 2 aliphatic rings. The van der Waals surface area contributed by atoms with Gasteiger partial charge in [0, 0.05) is 59.6 Å². The highest BCUT2D eigenvalue weighted by Crippen LogP contribution is 2.36. The molecule has 9 heteroatoms. The van der Waals surface area contributed by atoms with Crippen molar-refractivity contribution in [3.05, 3.63) is 73.3 Å². The molecule has 2 aromatic heterocycles. The van der Waals surface area contributed by atoms with Crippen molar-refractivity contribution in [1.29, 1.82) is 0 Å². The molecule has 4 aromatic rings. The van der Waals surface area contributed by atoms with Gasteiger partial charge in [-0.1, -0.05) is 15.9 Å². The second kappa shape index (κ2) is 9.23. The van der Waals surface area contributed by atoms with E-state index in [0.29, 0.717) is 46.7 Å². The van der Waals surface area contributed by atoms with Crippen LogP contribution in [0.2, 0.25) is 0 Å². The molecule has 1 saturated heterocycles. The van der Waals surface area contributed by atoms with E-state index >= 15 is 0 Å². The lowest BCUT2D eigenvalue weighted by molar-refractivity contribution is 0.0241. The highest BCUT2D eigenvalue weighted by Gasteiger charge is 2.24. The zero-order valence-electron chi connectivity index (χ0n) is 18.9. The third kappa shape index (κ3) is 4.40. The Morgan fingerprint density at radius 1 is 0.886 bits per heavy atom. The number of fused-ring (bicyclic) bond motifs is 4. The van der Waals surface area contributed by atoms with E-state index in [0.717, 1.165) is 54.8 Å². The van der Waals surface area contributed by atoms with Crippen molar-refractivity contribution in [2.75, 3.05) is 46.1 Å². The molecule has 0 amide bonds. The van der Waals surface area contributed by atoms with Gasteiger partial charge in [0.1, 0.15) is 23.6 Å². The maximum Gasteiger partial charge on any atom is 0.344 e. The van der Waals surface area contributed by atoms with Crippen molar-refractivity contribution in [2.45, 2.75) is 6.54 Å². The Morgan fingerprint density at radius 2 is 1.71 bits per heavy atom. The fourth-order valence-corrected chi connectivity index (χ4v) is 5.11. The molecule has 0 aliphatic carbocycles. The highest BCUT2D eigenvalue weighted by atomic mass is 79.9. The van der Waals surface area contributed by atoms with E-state index in [2.05, 4.69) is 25.7 Å². The smallest absolute Gasteiger partial charge is 0.344 e. The largest absolute Gasteiger partial charge is 0.478 e. The van der Waals surface area contributed by atoms with Crippen LogP contribution in [0, 0.1) is 0 Å². The summed E-state index contributed by atoms with van der Waals surface area (Å²) in [5.74, 6) is 0.690. The average molecular weight is 539 g/mol. The predicted octanol–water partition coefficient (Wildman–Crippen LogP) is 3.81. The van der Waals surface area contributed by atoms with Crippen LogP contribution in [0.25, 0.3) is 33.1 Å². The summed E-state index contributed by atoms with van der Waals surface area (Å²) in [6, 6.07) is 12.2. The molecule has 6 rings (SSSR count). The summed E-state index contributed by atoms with van der Waals surface area (Å²) in [7, 11) is 0. The number of hydrogen-bond donors (Lipinski definition) is 0. The van der Waals surface area contributed by atoms with Crippen LogP contribution in [0.4, 0.5) is 0 Å². The Hall–Kier alpha value is -2.98. The van der Waals surface area contributed by atoms with Gasteiger partial charge in [-0.3, -0.25) is 9.80 Å². The van der Waals surface area contributed by atoms with E-state index in [-0.39, 0.29) is 0 Å². The lowest BCUT2D eigenvalue weighted by atomic mass is 9.99. The van der Waals surface area contributed by atoms with Gasteiger partial charge in [0.15, 0.2) is 0 Å². The quantitative estimate of drug-likeness (QED) is 0.362. The van der Waals surface area contributed by atoms with Gasteiger partial charge < -0.3 is 18.3 Å². The topological polar surface area (TPSA) is 85.4 Å². The molecule has 0 saturated carbocycles. The first-order chi connectivity index (χ1) is 17.0. The molecule has 0 bridgehead atoms. The number of hydrogen-bond acceptors (Lipinski definition) is 8. The lowest BCUT2D eigenvalue weighted by Crippen LogP contribution is -2.43. The third-order valence-corrected chi connectivity index (χ3v) is 7.07. The van der Waals surface area contributed by atoms with Gasteiger partial charge in [0.25, 0.3) is 0 Å². The molecule has 35 heavy (non-hydrogen) atoms. The first-order valence-corrected chi connectivity index (χ1v) is 12.3. The Labute approximate surface area is 208 Å². The van der Waals surface area contributed by atoms with Crippen LogP contribution in [0.15, 0.2) is 65.4 Å². The number of morpholine rings is 1. The number of ether oxygens (including phenoxy) is 2. The number of halogens is 1. The number of benzene rings is 2. The second-order valence-electron chi connectivity index (χ2n) is 8.81. The molecule has 180 valence electrons. The van der Waals surface area contributed by atoms with E-state index in [4.69, 9.17) is 18.3 Å². The van der Waals surface area contributed by atoms with Crippen LogP contribution in [0.1, 0.15) is 5.56 Å². The molecule has 0 atom stereocenters. The first kappa shape index (κ1) is 22.5. The van der Waals surface area contributed by atoms with Crippen molar-refractivity contribution < 1.29 is 18.3 Å². The minimum atomic E-state index is -0.528. The molecule has 2 aromatic carbocycles. The highest BCUT2D eigenvalue weighted by molar-refractivity contribution is 9.10. The maximum absolute atomic E-state index is 12.9. The average Bonchev–Trinajstić information content (AvgIpc) is 2.87. The molecule has 1 fully saturated rings. The van der Waals surface area contributed by atoms with Crippen LogP contribution in [0.3, 0.4) is 0 Å². The summed E-state index contributed by atoms with van der Waals surface area (Å²) < 4.78 is 23.5. The zero-order chi connectivity index (χ0) is 23.9. The van der Waals surface area contributed by atoms with Crippen molar-refractivity contribution in [2.24, 2.45) is 0 Å². The van der Waals surface area contributed by atoms with Gasteiger partial charge in [-0.2, -0.15) is 0 Å². The second-order valence-corrected chi connectivity index (χ2v) is 9.72. The van der Waals surface area contributed by atoms with Crippen molar-refractivity contribution in [1.82, 2.24) is 9.80 Å². The van der Waals surface area contributed by atoms with E-state index in [1.54, 1.807) is 12.1 Å². The van der Waals surface area contributed by atoms with Gasteiger partial charge >= 0.3 is 11.3 Å². The van der Waals surface area contributed by atoms with Gasteiger partial charge in [-0.05, 0) is 36.4 Å². The summed E-state index contributed by atoms with van der Waals surface area (Å²) >= 11 is 3.46. The molecule has 8 nitrogen and oxygen atoms in total. The van der Waals surface area contributed by atoms with Crippen LogP contribution < -0.4 is 16.0 Å². The standard InChI is InChI=1S/C26H23BrN2O6/c27-17-1-3-22-16(11-17)12-20(26(31)34-22)19-13-24(30)35-25-18(19)2-4-23-21(25)14-29(15-33-23)6-5-28-7-9-32-10-8-28/h1-4,11-13H,5-10,14-15H2. The van der Waals surface area contributed by atoms with Gasteiger partial charge in [-0.25, -0.2) is 9.59 Å². The summed E-state index contributed by atoms with van der Waals surface area (Å²) in [4.78, 5) is 30.1. The van der Waals surface area contributed by atoms with E-state index in [1.807, 2.05) is 24.3 Å². The molecular weight excluding hydrogens is 516 g/mol. The van der Waals surface area contributed by atoms with E-state index in [1.165, 1.54) is 6.07 Å². The van der Waals surface area contributed by atoms with Crippen LogP contribution >= 0.6 is 15.9 Å². The molecule has 0 spiro atoms. The van der Waals surface area contributed by atoms with Gasteiger partial charge in [0.05, 0.1) is 24.3 Å². The normalized spacial score (nSPS) is 16.9. The number of rotatable bonds is 4. The fourth-order valence-electron chi connectivity index (χ4n) is 4.74. The molecule has 0 radical (unpaired) electrons. The van der Waals surface area contributed by atoms with Crippen molar-refractivity contribution in [3.8, 4) is 16.9 Å². The predicted molar refractivity (Wildman–Crippen MR) is 135 cm³/mol. The molecule has 0 N–H and O–H groups in total. The Bertz CT molecular complexity index is 1540. The summed E-state index contributed by atoms with van der Waals surface area (Å²) in [6.07, 6.45) is 0. The molecular formula is C26H23BrN2O6. The lowest BCUT2D eigenvalue weighted by Gasteiger charge is -2.32. The van der Waals surface area contributed by atoms with Crippen molar-refractivity contribution in [3.63, 3.8) is 0 Å². The van der Waals surface area contributed by atoms with Crippen LogP contribution in [-0.4, -0.2) is 55.9 Å². The zero-order valence-corrected chi connectivity index (χ0v) is 20.5. The molecule has 4 heterocycles. The van der Waals surface area contributed by atoms with E-state index < -0.39 is 11.3 Å².